The van der Waals surface area contributed by atoms with Crippen molar-refractivity contribution < 1.29 is 9.90 Å². The number of carboxylic acids is 1. The molecule has 0 aliphatic heterocycles. The van der Waals surface area contributed by atoms with Crippen molar-refractivity contribution in [2.75, 3.05) is 0 Å². The Morgan fingerprint density at radius 1 is 1.10 bits per heavy atom. The van der Waals surface area contributed by atoms with Crippen LogP contribution in [0.3, 0.4) is 0 Å². The maximum atomic E-state index is 11.8. The van der Waals surface area contributed by atoms with Gasteiger partial charge in [-0.05, 0) is 29.6 Å². The summed E-state index contributed by atoms with van der Waals surface area (Å²) < 4.78 is 0. The number of aliphatic carboxylic acids is 1. The van der Waals surface area contributed by atoms with E-state index in [-0.39, 0.29) is 0 Å². The Morgan fingerprint density at radius 3 is 2.45 bits per heavy atom. The van der Waals surface area contributed by atoms with Crippen LogP contribution in [0.25, 0.3) is 5.57 Å². The molecule has 2 aliphatic carbocycles. The maximum absolute atomic E-state index is 11.8. The van der Waals surface area contributed by atoms with Crippen LogP contribution in [0, 0.1) is 5.41 Å². The first-order valence-electron chi connectivity index (χ1n) is 6.78. The fourth-order valence-corrected chi connectivity index (χ4v) is 2.77. The van der Waals surface area contributed by atoms with Crippen LogP contribution in [0.5, 0.6) is 0 Å². The molecule has 1 atom stereocenters. The van der Waals surface area contributed by atoms with E-state index in [1.807, 2.05) is 66.8 Å². The van der Waals surface area contributed by atoms with Crippen molar-refractivity contribution in [1.29, 1.82) is 0 Å². The van der Waals surface area contributed by atoms with Crippen molar-refractivity contribution in [2.45, 2.75) is 12.8 Å². The molecule has 0 spiro atoms. The van der Waals surface area contributed by atoms with Crippen molar-refractivity contribution in [2.24, 2.45) is 5.41 Å². The first-order valence-corrected chi connectivity index (χ1v) is 6.78. The second-order valence-electron chi connectivity index (χ2n) is 5.14. The third-order valence-electron chi connectivity index (χ3n) is 3.97. The molecular formula is C18H16O2. The van der Waals surface area contributed by atoms with Crippen LogP contribution in [0.4, 0.5) is 0 Å². The standard InChI is InChI=1S/C18H16O2/c19-17(20)18(16-8-4-5-9-16)12-10-15(11-13-18)14-6-2-1-3-7-14/h1-4,6-12H,5,13H2,(H,19,20). The Morgan fingerprint density at radius 2 is 1.90 bits per heavy atom. The molecule has 100 valence electrons. The molecule has 2 heteroatoms. The van der Waals surface area contributed by atoms with Crippen LogP contribution in [-0.2, 0) is 4.79 Å². The Kier molecular flexibility index (Phi) is 3.15. The average Bonchev–Trinajstić information content (AvgIpc) is 3.03. The molecule has 3 rings (SSSR count). The van der Waals surface area contributed by atoms with Crippen LogP contribution in [0.15, 0.2) is 72.4 Å². The minimum atomic E-state index is -0.898. The molecular weight excluding hydrogens is 248 g/mol. The van der Waals surface area contributed by atoms with Gasteiger partial charge in [0.15, 0.2) is 0 Å². The van der Waals surface area contributed by atoms with Gasteiger partial charge in [-0.3, -0.25) is 4.79 Å². The van der Waals surface area contributed by atoms with Crippen molar-refractivity contribution in [3.05, 3.63) is 77.9 Å². The Balaban J connectivity index is 1.93. The second kappa shape index (κ2) is 4.97. The lowest BCUT2D eigenvalue weighted by molar-refractivity contribution is -0.143. The van der Waals surface area contributed by atoms with Gasteiger partial charge < -0.3 is 5.11 Å². The summed E-state index contributed by atoms with van der Waals surface area (Å²) in [6, 6.07) is 10.0. The number of rotatable bonds is 3. The lowest BCUT2D eigenvalue weighted by Crippen LogP contribution is -2.31. The summed E-state index contributed by atoms with van der Waals surface area (Å²) in [6.45, 7) is 0. The largest absolute Gasteiger partial charge is 0.480 e. The summed E-state index contributed by atoms with van der Waals surface area (Å²) in [5.74, 6) is -0.782. The summed E-state index contributed by atoms with van der Waals surface area (Å²) in [5, 5.41) is 9.65. The predicted octanol–water partition coefficient (Wildman–Crippen LogP) is 3.99. The minimum Gasteiger partial charge on any atom is -0.480 e. The monoisotopic (exact) mass is 264 g/mol. The van der Waals surface area contributed by atoms with Crippen LogP contribution in [-0.4, -0.2) is 11.1 Å². The molecule has 1 unspecified atom stereocenters. The van der Waals surface area contributed by atoms with Gasteiger partial charge >= 0.3 is 5.97 Å². The third-order valence-corrected chi connectivity index (χ3v) is 3.97. The zero-order chi connectivity index (χ0) is 14.0. The van der Waals surface area contributed by atoms with Crippen LogP contribution >= 0.6 is 0 Å². The normalized spacial score (nSPS) is 24.4. The van der Waals surface area contributed by atoms with E-state index in [4.69, 9.17) is 0 Å². The van der Waals surface area contributed by atoms with Crippen LogP contribution in [0.1, 0.15) is 18.4 Å². The van der Waals surface area contributed by atoms with Gasteiger partial charge in [0.2, 0.25) is 0 Å². The molecule has 0 amide bonds. The van der Waals surface area contributed by atoms with E-state index in [1.54, 1.807) is 0 Å². The van der Waals surface area contributed by atoms with Gasteiger partial charge in [0.25, 0.3) is 0 Å². The zero-order valence-corrected chi connectivity index (χ0v) is 11.1. The fraction of sp³-hybridized carbons (Fsp3) is 0.167. The van der Waals surface area contributed by atoms with Gasteiger partial charge in [0.05, 0.1) is 0 Å². The molecule has 0 bridgehead atoms. The lowest BCUT2D eigenvalue weighted by atomic mass is 9.73. The quantitative estimate of drug-likeness (QED) is 0.896. The smallest absolute Gasteiger partial charge is 0.318 e. The molecule has 0 saturated carbocycles. The average molecular weight is 264 g/mol. The molecule has 0 aromatic heterocycles. The molecule has 20 heavy (non-hydrogen) atoms. The van der Waals surface area contributed by atoms with Crippen molar-refractivity contribution in [3.63, 3.8) is 0 Å². The molecule has 0 fully saturated rings. The molecule has 0 radical (unpaired) electrons. The highest BCUT2D eigenvalue weighted by Crippen LogP contribution is 2.41. The van der Waals surface area contributed by atoms with Gasteiger partial charge in [0.1, 0.15) is 5.41 Å². The van der Waals surface area contributed by atoms with E-state index >= 15 is 0 Å². The fourth-order valence-electron chi connectivity index (χ4n) is 2.77. The summed E-state index contributed by atoms with van der Waals surface area (Å²) in [5.41, 5.74) is 2.21. The van der Waals surface area contributed by atoms with Crippen LogP contribution < -0.4 is 0 Å². The van der Waals surface area contributed by atoms with Crippen LogP contribution in [0.2, 0.25) is 0 Å². The van der Waals surface area contributed by atoms with Gasteiger partial charge in [-0.25, -0.2) is 0 Å². The number of hydrogen-bond donors (Lipinski definition) is 1. The number of carboxylic acid groups (broad SMARTS) is 1. The second-order valence-corrected chi connectivity index (χ2v) is 5.14. The van der Waals surface area contributed by atoms with Crippen molar-refractivity contribution in [3.8, 4) is 0 Å². The Bertz CT molecular complexity index is 647. The number of benzene rings is 1. The molecule has 2 aliphatic rings. The first kappa shape index (κ1) is 12.7. The van der Waals surface area contributed by atoms with Gasteiger partial charge in [-0.1, -0.05) is 66.8 Å². The molecule has 2 nitrogen and oxygen atoms in total. The van der Waals surface area contributed by atoms with Crippen molar-refractivity contribution >= 4 is 11.5 Å². The summed E-state index contributed by atoms with van der Waals surface area (Å²) in [6.07, 6.45) is 13.0. The number of allylic oxidation sites excluding steroid dienone is 6. The van der Waals surface area contributed by atoms with E-state index in [2.05, 4.69) is 0 Å². The van der Waals surface area contributed by atoms with Gasteiger partial charge in [-0.15, -0.1) is 0 Å². The lowest BCUT2D eigenvalue weighted by Gasteiger charge is -2.28. The highest BCUT2D eigenvalue weighted by molar-refractivity contribution is 5.87. The summed E-state index contributed by atoms with van der Waals surface area (Å²) in [7, 11) is 0. The van der Waals surface area contributed by atoms with Gasteiger partial charge in [-0.2, -0.15) is 0 Å². The van der Waals surface area contributed by atoms with E-state index < -0.39 is 11.4 Å². The molecule has 1 aromatic carbocycles. The summed E-state index contributed by atoms with van der Waals surface area (Å²) >= 11 is 0. The maximum Gasteiger partial charge on any atom is 0.318 e. The van der Waals surface area contributed by atoms with E-state index in [9.17, 15) is 9.90 Å². The first-order chi connectivity index (χ1) is 9.72. The molecule has 0 saturated heterocycles. The minimum absolute atomic E-state index is 0.499. The van der Waals surface area contributed by atoms with Gasteiger partial charge in [0, 0.05) is 0 Å². The topological polar surface area (TPSA) is 37.3 Å². The molecule has 1 N–H and O–H groups in total. The predicted molar refractivity (Wildman–Crippen MR) is 80.1 cm³/mol. The van der Waals surface area contributed by atoms with Crippen molar-refractivity contribution in [1.82, 2.24) is 0 Å². The Labute approximate surface area is 118 Å². The Hall–Kier alpha value is -2.35. The van der Waals surface area contributed by atoms with E-state index in [0.717, 1.165) is 23.1 Å². The number of carbonyl (C=O) groups is 1. The van der Waals surface area contributed by atoms with E-state index in [0.29, 0.717) is 6.42 Å². The SMILES string of the molecule is O=C(O)C1(C2=CCC=C2)C=CC(c2ccccc2)=CC1. The zero-order valence-electron chi connectivity index (χ0n) is 11.1. The molecule has 1 aromatic rings. The van der Waals surface area contributed by atoms with E-state index in [1.165, 1.54) is 0 Å². The molecule has 0 heterocycles. The highest BCUT2D eigenvalue weighted by Gasteiger charge is 2.39. The number of hydrogen-bond acceptors (Lipinski definition) is 1. The third kappa shape index (κ3) is 2.03. The highest BCUT2D eigenvalue weighted by atomic mass is 16.4. The summed E-state index contributed by atoms with van der Waals surface area (Å²) in [4.78, 5) is 11.8.